The first-order valence-corrected chi connectivity index (χ1v) is 9.14. The number of nitrogens with zero attached hydrogens (tertiary/aromatic N) is 5. The fourth-order valence-corrected chi connectivity index (χ4v) is 3.82. The molecule has 0 saturated heterocycles. The molecule has 0 saturated carbocycles. The molecule has 0 aliphatic carbocycles. The molecule has 0 fully saturated rings. The van der Waals surface area contributed by atoms with Crippen LogP contribution in [0.25, 0.3) is 10.9 Å². The number of rotatable bonds is 3. The Morgan fingerprint density at radius 1 is 1.17 bits per heavy atom. The van der Waals surface area contributed by atoms with Gasteiger partial charge in [-0.05, 0) is 18.2 Å². The number of alkyl halides is 2. The molecule has 0 radical (unpaired) electrons. The van der Waals surface area contributed by atoms with Gasteiger partial charge >= 0.3 is 6.55 Å². The first-order valence-electron chi connectivity index (χ1n) is 9.14. The van der Waals surface area contributed by atoms with E-state index in [-0.39, 0.29) is 5.69 Å². The molecule has 7 nitrogen and oxygen atoms in total. The van der Waals surface area contributed by atoms with Crippen LogP contribution in [0, 0.1) is 0 Å². The molecule has 4 heterocycles. The molecule has 1 aliphatic heterocycles. The number of hydrogen-bond acceptors (Lipinski definition) is 4. The van der Waals surface area contributed by atoms with Crippen LogP contribution >= 0.6 is 0 Å². The lowest BCUT2D eigenvalue weighted by molar-refractivity contribution is 0.0441. The number of halogens is 2. The van der Waals surface area contributed by atoms with E-state index in [1.165, 1.54) is 17.2 Å². The predicted octanol–water partition coefficient (Wildman–Crippen LogP) is 3.34. The zero-order valence-corrected chi connectivity index (χ0v) is 15.2. The van der Waals surface area contributed by atoms with Crippen molar-refractivity contribution in [3.63, 3.8) is 0 Å². The van der Waals surface area contributed by atoms with E-state index in [2.05, 4.69) is 15.1 Å². The number of para-hydroxylation sites is 1. The van der Waals surface area contributed by atoms with E-state index in [1.54, 1.807) is 6.33 Å². The number of imidazole rings is 1. The lowest BCUT2D eigenvalue weighted by Gasteiger charge is -2.34. The van der Waals surface area contributed by atoms with Gasteiger partial charge in [0, 0.05) is 30.2 Å². The molecule has 146 valence electrons. The summed E-state index contributed by atoms with van der Waals surface area (Å²) in [4.78, 5) is 27.0. The third-order valence-electron chi connectivity index (χ3n) is 5.16. The molecule has 1 N–H and O–H groups in total. The average molecular weight is 394 g/mol. The van der Waals surface area contributed by atoms with Crippen molar-refractivity contribution in [2.24, 2.45) is 0 Å². The van der Waals surface area contributed by atoms with Crippen LogP contribution in [0.5, 0.6) is 0 Å². The molecule has 1 aliphatic rings. The molecule has 4 aromatic rings. The van der Waals surface area contributed by atoms with Gasteiger partial charge in [0.25, 0.3) is 5.91 Å². The Labute approximate surface area is 164 Å². The second kappa shape index (κ2) is 6.77. The number of amides is 1. The summed E-state index contributed by atoms with van der Waals surface area (Å²) in [5, 5.41) is 4.56. The summed E-state index contributed by atoms with van der Waals surface area (Å²) in [6, 6.07) is 12.2. The van der Waals surface area contributed by atoms with Gasteiger partial charge in [0.2, 0.25) is 0 Å². The summed E-state index contributed by atoms with van der Waals surface area (Å²) in [5.41, 5.74) is 2.85. The van der Waals surface area contributed by atoms with Crippen LogP contribution in [0.4, 0.5) is 8.78 Å². The number of benzene rings is 1. The third kappa shape index (κ3) is 2.86. The number of carbonyl (C=O) groups is 1. The second-order valence-electron chi connectivity index (χ2n) is 6.78. The number of fused-ring (bicyclic) bond motifs is 2. The zero-order chi connectivity index (χ0) is 20.0. The maximum atomic E-state index is 13.3. The Bertz CT molecular complexity index is 1200. The fraction of sp³-hybridized carbons (Fsp3) is 0.200. The minimum Gasteiger partial charge on any atom is -0.348 e. The number of carbonyl (C=O) groups excluding carboxylic acids is 1. The van der Waals surface area contributed by atoms with Gasteiger partial charge in [-0.25, -0.2) is 4.98 Å². The topological polar surface area (TPSA) is 79.7 Å². The van der Waals surface area contributed by atoms with Crippen molar-refractivity contribution in [1.82, 2.24) is 29.6 Å². The fourth-order valence-electron chi connectivity index (χ4n) is 3.82. The third-order valence-corrected chi connectivity index (χ3v) is 5.16. The molecule has 5 rings (SSSR count). The molecule has 1 unspecified atom stereocenters. The number of aromatic nitrogens is 5. The maximum absolute atomic E-state index is 13.3. The molecule has 0 bridgehead atoms. The van der Waals surface area contributed by atoms with Crippen molar-refractivity contribution in [3.8, 4) is 0 Å². The molecular weight excluding hydrogens is 378 g/mol. The summed E-state index contributed by atoms with van der Waals surface area (Å²) in [7, 11) is 0. The van der Waals surface area contributed by atoms with Gasteiger partial charge in [-0.1, -0.05) is 24.3 Å². The molecule has 1 atom stereocenters. The average Bonchev–Trinajstić information content (AvgIpc) is 3.41. The van der Waals surface area contributed by atoms with E-state index in [4.69, 9.17) is 4.98 Å². The summed E-state index contributed by atoms with van der Waals surface area (Å²) in [6.45, 7) is -2.55. The minimum atomic E-state index is -2.90. The normalized spacial score (nSPS) is 16.4. The molecule has 1 aromatic carbocycles. The van der Waals surface area contributed by atoms with Gasteiger partial charge < -0.3 is 9.88 Å². The van der Waals surface area contributed by atoms with Crippen molar-refractivity contribution >= 4 is 16.8 Å². The van der Waals surface area contributed by atoms with Crippen LogP contribution in [0.1, 0.15) is 40.2 Å². The summed E-state index contributed by atoms with van der Waals surface area (Å²) in [5.74, 6) is -0.531. The Morgan fingerprint density at radius 3 is 2.90 bits per heavy atom. The Hall–Kier alpha value is -3.62. The van der Waals surface area contributed by atoms with E-state index >= 15 is 0 Å². The van der Waals surface area contributed by atoms with Gasteiger partial charge in [0.05, 0.1) is 23.2 Å². The van der Waals surface area contributed by atoms with Crippen LogP contribution in [0.2, 0.25) is 0 Å². The van der Waals surface area contributed by atoms with Gasteiger partial charge in [0.15, 0.2) is 0 Å². The summed E-state index contributed by atoms with van der Waals surface area (Å²) >= 11 is 0. The first kappa shape index (κ1) is 17.5. The van der Waals surface area contributed by atoms with Crippen molar-refractivity contribution in [1.29, 1.82) is 0 Å². The smallest absolute Gasteiger partial charge is 0.333 e. The number of pyridine rings is 1. The highest BCUT2D eigenvalue weighted by Crippen LogP contribution is 2.34. The van der Waals surface area contributed by atoms with Crippen molar-refractivity contribution in [2.45, 2.75) is 19.0 Å². The van der Waals surface area contributed by atoms with Crippen LogP contribution < -0.4 is 0 Å². The van der Waals surface area contributed by atoms with Crippen LogP contribution in [-0.2, 0) is 6.42 Å². The van der Waals surface area contributed by atoms with E-state index in [1.807, 2.05) is 36.4 Å². The largest absolute Gasteiger partial charge is 0.348 e. The van der Waals surface area contributed by atoms with Gasteiger partial charge in [-0.3, -0.25) is 9.78 Å². The highest BCUT2D eigenvalue weighted by molar-refractivity contribution is 5.93. The second-order valence-corrected chi connectivity index (χ2v) is 6.78. The number of H-pyrrole nitrogens is 1. The van der Waals surface area contributed by atoms with Gasteiger partial charge in [-0.2, -0.15) is 18.6 Å². The van der Waals surface area contributed by atoms with Crippen molar-refractivity contribution in [3.05, 3.63) is 77.8 Å². The Balaban J connectivity index is 1.62. The van der Waals surface area contributed by atoms with Crippen molar-refractivity contribution in [2.75, 3.05) is 6.54 Å². The quantitative estimate of drug-likeness (QED) is 0.578. The Morgan fingerprint density at radius 2 is 2.03 bits per heavy atom. The van der Waals surface area contributed by atoms with E-state index in [0.717, 1.165) is 16.6 Å². The molecule has 0 spiro atoms. The highest BCUT2D eigenvalue weighted by Gasteiger charge is 2.37. The number of aromatic amines is 1. The zero-order valence-electron chi connectivity index (χ0n) is 15.2. The minimum absolute atomic E-state index is 0.162. The first-order chi connectivity index (χ1) is 14.1. The SMILES string of the molecule is O=C(c1ccnn1C(F)F)N1CCc2[nH]cnc2C1c1ccc2ccccc2n1. The number of nitrogens with one attached hydrogen (secondary N) is 1. The maximum Gasteiger partial charge on any atom is 0.333 e. The summed E-state index contributed by atoms with van der Waals surface area (Å²) in [6.07, 6.45) is 3.33. The number of hydrogen-bond donors (Lipinski definition) is 1. The highest BCUT2D eigenvalue weighted by atomic mass is 19.3. The van der Waals surface area contributed by atoms with Crippen LogP contribution in [0.15, 0.2) is 55.0 Å². The van der Waals surface area contributed by atoms with Gasteiger partial charge in [-0.15, -0.1) is 0 Å². The lowest BCUT2D eigenvalue weighted by atomic mass is 9.98. The summed E-state index contributed by atoms with van der Waals surface area (Å²) < 4.78 is 27.0. The predicted molar refractivity (Wildman–Crippen MR) is 100 cm³/mol. The van der Waals surface area contributed by atoms with Gasteiger partial charge in [0.1, 0.15) is 11.7 Å². The monoisotopic (exact) mass is 394 g/mol. The molecule has 9 heteroatoms. The molecule has 29 heavy (non-hydrogen) atoms. The van der Waals surface area contributed by atoms with Crippen LogP contribution in [0.3, 0.4) is 0 Å². The van der Waals surface area contributed by atoms with E-state index < -0.39 is 18.5 Å². The van der Waals surface area contributed by atoms with E-state index in [9.17, 15) is 13.6 Å². The van der Waals surface area contributed by atoms with Crippen LogP contribution in [-0.4, -0.2) is 42.1 Å². The van der Waals surface area contributed by atoms with E-state index in [0.29, 0.717) is 29.0 Å². The molecule has 1 amide bonds. The molecular formula is C20H16F2N6O. The Kier molecular flexibility index (Phi) is 4.08. The standard InChI is InChI=1S/C20H16F2N6O/c21-20(22)28-16(7-9-25-28)19(29)27-10-8-14-17(24-11-23-14)18(27)15-6-5-12-3-1-2-4-13(12)26-15/h1-7,9,11,18,20H,8,10H2,(H,23,24). The van der Waals surface area contributed by atoms with Crippen molar-refractivity contribution < 1.29 is 13.6 Å². The lowest BCUT2D eigenvalue weighted by Crippen LogP contribution is -2.42. The molecule has 3 aromatic heterocycles.